The molecule has 0 fully saturated rings. The lowest BCUT2D eigenvalue weighted by Gasteiger charge is -2.11. The summed E-state index contributed by atoms with van der Waals surface area (Å²) in [5.74, 6) is 1.89. The number of fused-ring (bicyclic) bond motifs is 6. The van der Waals surface area contributed by atoms with Gasteiger partial charge in [0, 0.05) is 43.9 Å². The molecule has 0 amide bonds. The fraction of sp³-hybridized carbons (Fsp3) is 0.0172. The number of aromatic nitrogens is 4. The van der Waals surface area contributed by atoms with Crippen molar-refractivity contribution in [3.05, 3.63) is 218 Å². The van der Waals surface area contributed by atoms with Crippen molar-refractivity contribution in [1.82, 2.24) is 19.5 Å². The molecule has 0 aliphatic carbocycles. The van der Waals surface area contributed by atoms with E-state index in [0.717, 1.165) is 72.1 Å². The summed E-state index contributed by atoms with van der Waals surface area (Å²) in [6.07, 6.45) is 0. The molecule has 63 heavy (non-hydrogen) atoms. The summed E-state index contributed by atoms with van der Waals surface area (Å²) >= 11 is 0. The zero-order valence-electron chi connectivity index (χ0n) is 34.4. The molecule has 5 heteroatoms. The van der Waals surface area contributed by atoms with Crippen molar-refractivity contribution < 1.29 is 4.42 Å². The summed E-state index contributed by atoms with van der Waals surface area (Å²) in [7, 11) is 0. The van der Waals surface area contributed by atoms with Crippen LogP contribution in [0.1, 0.15) is 5.56 Å². The van der Waals surface area contributed by atoms with Crippen LogP contribution in [0.15, 0.2) is 217 Å². The lowest BCUT2D eigenvalue weighted by molar-refractivity contribution is 0.668. The molecule has 296 valence electrons. The quantitative estimate of drug-likeness (QED) is 0.161. The third kappa shape index (κ3) is 6.46. The molecule has 0 bridgehead atoms. The maximum absolute atomic E-state index is 6.60. The topological polar surface area (TPSA) is 56.7 Å². The first kappa shape index (κ1) is 36.4. The monoisotopic (exact) mass is 806 g/mol. The van der Waals surface area contributed by atoms with Gasteiger partial charge in [-0.15, -0.1) is 0 Å². The summed E-state index contributed by atoms with van der Waals surface area (Å²) in [6.45, 7) is 2.12. The zero-order valence-corrected chi connectivity index (χ0v) is 34.4. The van der Waals surface area contributed by atoms with Crippen LogP contribution in [-0.2, 0) is 0 Å². The molecule has 3 aromatic heterocycles. The van der Waals surface area contributed by atoms with E-state index in [2.05, 4.69) is 163 Å². The molecule has 3 heterocycles. The van der Waals surface area contributed by atoms with Crippen LogP contribution >= 0.6 is 0 Å². The molecular weight excluding hydrogens is 769 g/mol. The van der Waals surface area contributed by atoms with E-state index < -0.39 is 0 Å². The molecule has 0 radical (unpaired) electrons. The van der Waals surface area contributed by atoms with Crippen molar-refractivity contribution in [1.29, 1.82) is 0 Å². The van der Waals surface area contributed by atoms with Crippen molar-refractivity contribution in [2.45, 2.75) is 6.92 Å². The highest BCUT2D eigenvalue weighted by atomic mass is 16.3. The first-order chi connectivity index (χ1) is 31.1. The SMILES string of the molecule is Cc1cc(-c2cccc(-c3nc(-c4ccccc4)nc(-c4ccccc4)n3)c2)c2c(c1)oc1ccc(-c3cccc(-c4ccc5c(c4)c4ccccc4n5-c4ccccc4)c3)cc12. The van der Waals surface area contributed by atoms with Gasteiger partial charge in [0.2, 0.25) is 0 Å². The van der Waals surface area contributed by atoms with Crippen LogP contribution in [0.2, 0.25) is 0 Å². The standard InChI is InChI=1S/C58H38N4O/c1-37-31-48(44-21-14-22-45(34-44)58-60-56(38-15-5-2-6-16-38)59-57(61-58)39-17-7-3-8-18-39)55-50-36-43(28-30-53(50)63-54(55)32-37)41-20-13-19-40(33-41)42-27-29-52-49(35-42)47-25-11-12-26-51(47)62(52)46-23-9-4-10-24-46/h2-36H,1H3. The molecule has 12 aromatic rings. The van der Waals surface area contributed by atoms with Gasteiger partial charge in [-0.05, 0) is 107 Å². The van der Waals surface area contributed by atoms with Crippen molar-refractivity contribution in [2.75, 3.05) is 0 Å². The zero-order chi connectivity index (χ0) is 41.9. The van der Waals surface area contributed by atoms with Crippen LogP contribution in [0.5, 0.6) is 0 Å². The number of benzene rings is 9. The first-order valence-electron chi connectivity index (χ1n) is 21.3. The Kier molecular flexibility index (Phi) is 8.64. The van der Waals surface area contributed by atoms with Gasteiger partial charge in [-0.1, -0.05) is 152 Å². The fourth-order valence-electron chi connectivity index (χ4n) is 9.10. The van der Waals surface area contributed by atoms with E-state index in [0.29, 0.717) is 17.5 Å². The van der Waals surface area contributed by atoms with E-state index >= 15 is 0 Å². The maximum Gasteiger partial charge on any atom is 0.164 e. The third-order valence-corrected chi connectivity index (χ3v) is 12.1. The summed E-state index contributed by atoms with van der Waals surface area (Å²) in [5.41, 5.74) is 15.9. The van der Waals surface area contributed by atoms with Crippen LogP contribution in [0.25, 0.3) is 117 Å². The van der Waals surface area contributed by atoms with Gasteiger partial charge >= 0.3 is 0 Å². The molecule has 0 unspecified atom stereocenters. The molecule has 0 aliphatic heterocycles. The number of para-hydroxylation sites is 2. The van der Waals surface area contributed by atoms with Gasteiger partial charge in [-0.2, -0.15) is 0 Å². The second kappa shape index (κ2) is 14.9. The average Bonchev–Trinajstić information content (AvgIpc) is 3.89. The van der Waals surface area contributed by atoms with Gasteiger partial charge in [0.15, 0.2) is 17.5 Å². The van der Waals surface area contributed by atoms with E-state index in [1.54, 1.807) is 0 Å². The van der Waals surface area contributed by atoms with Crippen LogP contribution < -0.4 is 0 Å². The highest BCUT2D eigenvalue weighted by Gasteiger charge is 2.18. The van der Waals surface area contributed by atoms with E-state index in [9.17, 15) is 0 Å². The summed E-state index contributed by atoms with van der Waals surface area (Å²) in [4.78, 5) is 15.0. The second-order valence-corrected chi connectivity index (χ2v) is 16.1. The molecule has 9 aromatic carbocycles. The second-order valence-electron chi connectivity index (χ2n) is 16.1. The minimum Gasteiger partial charge on any atom is -0.456 e. The minimum atomic E-state index is 0.619. The van der Waals surface area contributed by atoms with E-state index in [-0.39, 0.29) is 0 Å². The highest BCUT2D eigenvalue weighted by molar-refractivity contribution is 6.14. The molecule has 0 saturated heterocycles. The minimum absolute atomic E-state index is 0.619. The molecule has 0 aliphatic rings. The molecule has 12 rings (SSSR count). The smallest absolute Gasteiger partial charge is 0.164 e. The van der Waals surface area contributed by atoms with Crippen LogP contribution in [0, 0.1) is 6.92 Å². The van der Waals surface area contributed by atoms with Crippen molar-refractivity contribution in [3.8, 4) is 73.2 Å². The molecule has 0 atom stereocenters. The Morgan fingerprint density at radius 2 is 0.857 bits per heavy atom. The van der Waals surface area contributed by atoms with Gasteiger partial charge in [0.25, 0.3) is 0 Å². The van der Waals surface area contributed by atoms with Crippen LogP contribution in [0.4, 0.5) is 0 Å². The van der Waals surface area contributed by atoms with E-state index in [1.807, 2.05) is 60.7 Å². The average molecular weight is 807 g/mol. The van der Waals surface area contributed by atoms with Crippen LogP contribution in [0.3, 0.4) is 0 Å². The van der Waals surface area contributed by atoms with Gasteiger partial charge in [-0.25, -0.2) is 15.0 Å². The number of furan rings is 1. The fourth-order valence-corrected chi connectivity index (χ4v) is 9.10. The Morgan fingerprint density at radius 1 is 0.349 bits per heavy atom. The number of rotatable bonds is 7. The number of hydrogen-bond acceptors (Lipinski definition) is 4. The van der Waals surface area contributed by atoms with Crippen molar-refractivity contribution in [3.63, 3.8) is 0 Å². The van der Waals surface area contributed by atoms with Gasteiger partial charge in [0.05, 0.1) is 11.0 Å². The van der Waals surface area contributed by atoms with Gasteiger partial charge < -0.3 is 8.98 Å². The molecule has 0 N–H and O–H groups in total. The molecule has 0 spiro atoms. The molecule has 0 saturated carbocycles. The van der Waals surface area contributed by atoms with E-state index in [4.69, 9.17) is 19.4 Å². The summed E-state index contributed by atoms with van der Waals surface area (Å²) in [6, 6.07) is 74.7. The van der Waals surface area contributed by atoms with E-state index in [1.165, 1.54) is 32.9 Å². The predicted octanol–water partition coefficient (Wildman–Crippen LogP) is 15.2. The van der Waals surface area contributed by atoms with Crippen molar-refractivity contribution in [2.24, 2.45) is 0 Å². The summed E-state index contributed by atoms with van der Waals surface area (Å²) < 4.78 is 8.96. The Balaban J connectivity index is 0.952. The number of hydrogen-bond donors (Lipinski definition) is 0. The number of nitrogens with zero attached hydrogens (tertiary/aromatic N) is 4. The Hall–Kier alpha value is -8.41. The number of aryl methyl sites for hydroxylation is 1. The Labute approximate surface area is 364 Å². The third-order valence-electron chi connectivity index (χ3n) is 12.1. The van der Waals surface area contributed by atoms with Gasteiger partial charge in [-0.3, -0.25) is 0 Å². The Bertz CT molecular complexity index is 3630. The van der Waals surface area contributed by atoms with Crippen LogP contribution in [-0.4, -0.2) is 19.5 Å². The summed E-state index contributed by atoms with van der Waals surface area (Å²) in [5, 5.41) is 4.63. The van der Waals surface area contributed by atoms with Gasteiger partial charge in [0.1, 0.15) is 11.2 Å². The highest BCUT2D eigenvalue weighted by Crippen LogP contribution is 2.41. The molecular formula is C58H38N4O. The van der Waals surface area contributed by atoms with Crippen molar-refractivity contribution >= 4 is 43.7 Å². The first-order valence-corrected chi connectivity index (χ1v) is 21.3. The normalized spacial score (nSPS) is 11.6. The largest absolute Gasteiger partial charge is 0.456 e. The molecule has 5 nitrogen and oxygen atoms in total. The predicted molar refractivity (Wildman–Crippen MR) is 259 cm³/mol. The lowest BCUT2D eigenvalue weighted by atomic mass is 9.94. The Morgan fingerprint density at radius 3 is 1.56 bits per heavy atom. The maximum atomic E-state index is 6.60. The lowest BCUT2D eigenvalue weighted by Crippen LogP contribution is -2.00.